The van der Waals surface area contributed by atoms with Crippen LogP contribution in [0.4, 0.5) is 0 Å². The van der Waals surface area contributed by atoms with E-state index in [2.05, 4.69) is 41.5 Å². The van der Waals surface area contributed by atoms with Gasteiger partial charge in [0.05, 0.1) is 0 Å². The first kappa shape index (κ1) is 18.8. The molecule has 0 N–H and O–H groups in total. The van der Waals surface area contributed by atoms with Gasteiger partial charge in [-0.1, -0.05) is 55.4 Å². The first-order valence-electron chi connectivity index (χ1n) is 6.72. The van der Waals surface area contributed by atoms with Crippen LogP contribution in [0.3, 0.4) is 0 Å². The molecule has 0 atom stereocenters. The Hall–Kier alpha value is -0.530. The standard InChI is InChI=1S/C13H27NO.C2H6/c1-12(2,3)8-11(14(7)10-15)9-13(4,5)6;1-2/h10-11H,8-9H2,1-7H3;1-2H3. The molecule has 0 unspecified atom stereocenters. The van der Waals surface area contributed by atoms with E-state index in [9.17, 15) is 4.79 Å². The van der Waals surface area contributed by atoms with Gasteiger partial charge in [0.2, 0.25) is 6.41 Å². The second-order valence-electron chi connectivity index (χ2n) is 6.95. The van der Waals surface area contributed by atoms with Gasteiger partial charge in [0.1, 0.15) is 0 Å². The lowest BCUT2D eigenvalue weighted by Gasteiger charge is -2.35. The van der Waals surface area contributed by atoms with Crippen LogP contribution in [-0.4, -0.2) is 24.4 Å². The van der Waals surface area contributed by atoms with Gasteiger partial charge in [-0.2, -0.15) is 0 Å². The highest BCUT2D eigenvalue weighted by atomic mass is 16.1. The Labute approximate surface area is 109 Å². The van der Waals surface area contributed by atoms with Gasteiger partial charge in [-0.15, -0.1) is 0 Å². The number of rotatable bonds is 4. The molecule has 0 fully saturated rings. The van der Waals surface area contributed by atoms with Gasteiger partial charge in [0, 0.05) is 13.1 Å². The number of carbonyl (C=O) groups excluding carboxylic acids is 1. The molecule has 0 heterocycles. The summed E-state index contributed by atoms with van der Waals surface area (Å²) in [4.78, 5) is 12.7. The molecule has 0 aliphatic rings. The third-order valence-corrected chi connectivity index (χ3v) is 2.44. The average molecular weight is 243 g/mol. The first-order chi connectivity index (χ1) is 7.55. The van der Waals surface area contributed by atoms with E-state index in [0.717, 1.165) is 19.3 Å². The maximum atomic E-state index is 10.8. The summed E-state index contributed by atoms with van der Waals surface area (Å²) in [6, 6.07) is 0.350. The third kappa shape index (κ3) is 11.7. The smallest absolute Gasteiger partial charge is 0.209 e. The van der Waals surface area contributed by atoms with Crippen molar-refractivity contribution in [2.75, 3.05) is 7.05 Å². The molecule has 1 amide bonds. The Morgan fingerprint density at radius 1 is 0.941 bits per heavy atom. The molecule has 0 aliphatic carbocycles. The lowest BCUT2D eigenvalue weighted by Crippen LogP contribution is -2.36. The van der Waals surface area contributed by atoms with Crippen LogP contribution < -0.4 is 0 Å². The largest absolute Gasteiger partial charge is 0.345 e. The van der Waals surface area contributed by atoms with Gasteiger partial charge in [-0.25, -0.2) is 0 Å². The molecule has 0 saturated carbocycles. The second kappa shape index (κ2) is 7.73. The molecule has 2 nitrogen and oxygen atoms in total. The van der Waals surface area contributed by atoms with Crippen molar-refractivity contribution in [2.24, 2.45) is 10.8 Å². The molecule has 2 heteroatoms. The number of carbonyl (C=O) groups is 1. The molecule has 104 valence electrons. The van der Waals surface area contributed by atoms with Crippen LogP contribution in [0, 0.1) is 10.8 Å². The van der Waals surface area contributed by atoms with Crippen molar-refractivity contribution in [2.45, 2.75) is 74.3 Å². The second-order valence-corrected chi connectivity index (χ2v) is 6.95. The maximum Gasteiger partial charge on any atom is 0.209 e. The number of nitrogens with zero attached hydrogens (tertiary/aromatic N) is 1. The lowest BCUT2D eigenvalue weighted by atomic mass is 9.80. The topological polar surface area (TPSA) is 20.3 Å². The molecule has 0 rings (SSSR count). The van der Waals surface area contributed by atoms with Crippen molar-refractivity contribution in [3.8, 4) is 0 Å². The summed E-state index contributed by atoms with van der Waals surface area (Å²) in [6.45, 7) is 17.3. The molecular weight excluding hydrogens is 210 g/mol. The predicted octanol–water partition coefficient (Wildman–Crippen LogP) is 4.34. The van der Waals surface area contributed by atoms with Gasteiger partial charge >= 0.3 is 0 Å². The van der Waals surface area contributed by atoms with Crippen molar-refractivity contribution < 1.29 is 4.79 Å². The Balaban J connectivity index is 0. The maximum absolute atomic E-state index is 10.8. The van der Waals surface area contributed by atoms with Crippen molar-refractivity contribution in [3.05, 3.63) is 0 Å². The van der Waals surface area contributed by atoms with E-state index >= 15 is 0 Å². The van der Waals surface area contributed by atoms with Crippen molar-refractivity contribution in [3.63, 3.8) is 0 Å². The van der Waals surface area contributed by atoms with E-state index in [-0.39, 0.29) is 10.8 Å². The first-order valence-corrected chi connectivity index (χ1v) is 6.72. The van der Waals surface area contributed by atoms with Gasteiger partial charge < -0.3 is 4.90 Å². The quantitative estimate of drug-likeness (QED) is 0.673. The Bertz CT molecular complexity index is 182. The van der Waals surface area contributed by atoms with E-state index in [1.54, 1.807) is 0 Å². The molecule has 0 aromatic rings. The Kier molecular flexibility index (Phi) is 8.56. The SMILES string of the molecule is CC.CN(C=O)C(CC(C)(C)C)CC(C)(C)C. The number of hydrogen-bond donors (Lipinski definition) is 0. The minimum absolute atomic E-state index is 0.271. The van der Waals surface area contributed by atoms with Crippen LogP contribution in [0.25, 0.3) is 0 Å². The van der Waals surface area contributed by atoms with Crippen molar-refractivity contribution in [1.29, 1.82) is 0 Å². The molecule has 0 aromatic heterocycles. The highest BCUT2D eigenvalue weighted by Gasteiger charge is 2.26. The van der Waals surface area contributed by atoms with Crippen molar-refractivity contribution >= 4 is 6.41 Å². The number of hydrogen-bond acceptors (Lipinski definition) is 1. The highest BCUT2D eigenvalue weighted by molar-refractivity contribution is 5.47. The third-order valence-electron chi connectivity index (χ3n) is 2.44. The average Bonchev–Trinajstić information content (AvgIpc) is 2.14. The molecular formula is C15H33NO. The summed E-state index contributed by atoms with van der Waals surface area (Å²) >= 11 is 0. The van der Waals surface area contributed by atoms with E-state index < -0.39 is 0 Å². The van der Waals surface area contributed by atoms with Crippen LogP contribution in [0.5, 0.6) is 0 Å². The Morgan fingerprint density at radius 2 is 1.24 bits per heavy atom. The van der Waals surface area contributed by atoms with Gasteiger partial charge in [-0.3, -0.25) is 4.79 Å². The number of amides is 1. The molecule has 0 aliphatic heterocycles. The zero-order chi connectivity index (χ0) is 14.3. The van der Waals surface area contributed by atoms with Gasteiger partial charge in [0.25, 0.3) is 0 Å². The zero-order valence-corrected chi connectivity index (χ0v) is 13.4. The summed E-state index contributed by atoms with van der Waals surface area (Å²) in [5.41, 5.74) is 0.542. The molecule has 0 saturated heterocycles. The lowest BCUT2D eigenvalue weighted by molar-refractivity contribution is -0.119. The summed E-state index contributed by atoms with van der Waals surface area (Å²) in [7, 11) is 1.88. The van der Waals surface area contributed by atoms with E-state index in [0.29, 0.717) is 6.04 Å². The highest BCUT2D eigenvalue weighted by Crippen LogP contribution is 2.30. The van der Waals surface area contributed by atoms with E-state index in [4.69, 9.17) is 0 Å². The molecule has 0 aromatic carbocycles. The molecule has 17 heavy (non-hydrogen) atoms. The minimum Gasteiger partial charge on any atom is -0.345 e. The van der Waals surface area contributed by atoms with Crippen LogP contribution >= 0.6 is 0 Å². The fraction of sp³-hybridized carbons (Fsp3) is 0.933. The van der Waals surface area contributed by atoms with E-state index in [1.165, 1.54) is 0 Å². The van der Waals surface area contributed by atoms with E-state index in [1.807, 2.05) is 25.8 Å². The van der Waals surface area contributed by atoms with Crippen LogP contribution in [0.15, 0.2) is 0 Å². The molecule has 0 radical (unpaired) electrons. The van der Waals surface area contributed by atoms with Gasteiger partial charge in [-0.05, 0) is 23.7 Å². The van der Waals surface area contributed by atoms with Gasteiger partial charge in [0.15, 0.2) is 0 Å². The Morgan fingerprint density at radius 3 is 1.41 bits per heavy atom. The van der Waals surface area contributed by atoms with Crippen LogP contribution in [0.2, 0.25) is 0 Å². The monoisotopic (exact) mass is 243 g/mol. The van der Waals surface area contributed by atoms with Crippen molar-refractivity contribution in [1.82, 2.24) is 4.90 Å². The molecule has 0 bridgehead atoms. The molecule has 0 spiro atoms. The minimum atomic E-state index is 0.271. The van der Waals surface area contributed by atoms with Crippen LogP contribution in [-0.2, 0) is 4.79 Å². The summed E-state index contributed by atoms with van der Waals surface area (Å²) < 4.78 is 0. The fourth-order valence-electron chi connectivity index (χ4n) is 1.86. The normalized spacial score (nSPS) is 11.9. The van der Waals surface area contributed by atoms with Crippen LogP contribution in [0.1, 0.15) is 68.2 Å². The zero-order valence-electron chi connectivity index (χ0n) is 13.4. The summed E-state index contributed by atoms with van der Waals surface area (Å²) in [5.74, 6) is 0. The summed E-state index contributed by atoms with van der Waals surface area (Å²) in [6.07, 6.45) is 3.06. The fourth-order valence-corrected chi connectivity index (χ4v) is 1.86. The summed E-state index contributed by atoms with van der Waals surface area (Å²) in [5, 5.41) is 0. The predicted molar refractivity (Wildman–Crippen MR) is 77.1 cm³/mol.